The zero-order valence-electron chi connectivity index (χ0n) is 7.42. The van der Waals surface area contributed by atoms with E-state index in [1.54, 1.807) is 6.92 Å². The van der Waals surface area contributed by atoms with Gasteiger partial charge in [0.2, 0.25) is 0 Å². The quantitative estimate of drug-likeness (QED) is 0.635. The molecule has 0 bridgehead atoms. The van der Waals surface area contributed by atoms with Crippen molar-refractivity contribution in [3.05, 3.63) is 11.6 Å². The molecule has 0 aromatic carbocycles. The monoisotopic (exact) mass is 156 g/mol. The second kappa shape index (κ2) is 4.94. The van der Waals surface area contributed by atoms with Gasteiger partial charge in [0.1, 0.15) is 0 Å². The third-order valence-electron chi connectivity index (χ3n) is 1.62. The summed E-state index contributed by atoms with van der Waals surface area (Å²) in [5.74, 6) is -0.427. The maximum Gasteiger partial charge on any atom is 0.330 e. The van der Waals surface area contributed by atoms with Gasteiger partial charge in [-0.1, -0.05) is 26.3 Å². The highest BCUT2D eigenvalue weighted by atomic mass is 16.4. The maximum absolute atomic E-state index is 10.4. The highest BCUT2D eigenvalue weighted by molar-refractivity contribution is 5.85. The third-order valence-corrected chi connectivity index (χ3v) is 1.62. The maximum atomic E-state index is 10.4. The van der Waals surface area contributed by atoms with Crippen LogP contribution in [-0.4, -0.2) is 11.1 Å². The van der Waals surface area contributed by atoms with Crippen LogP contribution in [0, 0.1) is 5.92 Å². The Morgan fingerprint density at radius 3 is 2.55 bits per heavy atom. The molecule has 0 aliphatic carbocycles. The standard InChI is InChI=1S/C9H16O2/c1-4-5-7(2)6-8(3)9(10)11/h6-7H,4-5H2,1-3H3,(H,10,11)/b8-6+. The Hall–Kier alpha value is -0.790. The van der Waals surface area contributed by atoms with Gasteiger partial charge in [-0.2, -0.15) is 0 Å². The minimum Gasteiger partial charge on any atom is -0.478 e. The zero-order valence-corrected chi connectivity index (χ0v) is 7.42. The molecule has 0 aliphatic rings. The summed E-state index contributed by atoms with van der Waals surface area (Å²) in [4.78, 5) is 10.4. The molecule has 0 fully saturated rings. The van der Waals surface area contributed by atoms with Crippen molar-refractivity contribution >= 4 is 5.97 Å². The molecule has 0 saturated carbocycles. The molecular formula is C9H16O2. The van der Waals surface area contributed by atoms with Crippen molar-refractivity contribution in [2.24, 2.45) is 5.92 Å². The van der Waals surface area contributed by atoms with Crippen molar-refractivity contribution in [1.29, 1.82) is 0 Å². The first-order valence-corrected chi connectivity index (χ1v) is 3.99. The van der Waals surface area contributed by atoms with E-state index in [-0.39, 0.29) is 0 Å². The third kappa shape index (κ3) is 4.59. The van der Waals surface area contributed by atoms with E-state index in [2.05, 4.69) is 6.92 Å². The number of aliphatic carboxylic acids is 1. The molecule has 0 aromatic rings. The van der Waals surface area contributed by atoms with Gasteiger partial charge in [0.15, 0.2) is 0 Å². The second-order valence-corrected chi connectivity index (χ2v) is 2.92. The SMILES string of the molecule is CCCC(C)/C=C(\C)C(=O)O. The summed E-state index contributed by atoms with van der Waals surface area (Å²) in [7, 11) is 0. The number of carboxylic acids is 1. The predicted octanol–water partition coefficient (Wildman–Crippen LogP) is 2.45. The molecule has 1 atom stereocenters. The zero-order chi connectivity index (χ0) is 8.85. The minimum absolute atomic E-state index is 0.385. The van der Waals surface area contributed by atoms with Crippen molar-refractivity contribution in [3.63, 3.8) is 0 Å². The lowest BCUT2D eigenvalue weighted by atomic mass is 10.0. The summed E-state index contributed by atoms with van der Waals surface area (Å²) >= 11 is 0. The van der Waals surface area contributed by atoms with Gasteiger partial charge in [-0.15, -0.1) is 0 Å². The summed E-state index contributed by atoms with van der Waals surface area (Å²) in [6.07, 6.45) is 3.97. The van der Waals surface area contributed by atoms with Gasteiger partial charge in [-0.3, -0.25) is 0 Å². The first-order chi connectivity index (χ1) is 5.07. The first-order valence-electron chi connectivity index (χ1n) is 3.99. The Balaban J connectivity index is 3.96. The average molecular weight is 156 g/mol. The predicted molar refractivity (Wildman–Crippen MR) is 45.5 cm³/mol. The summed E-state index contributed by atoms with van der Waals surface area (Å²) in [5.41, 5.74) is 0.450. The summed E-state index contributed by atoms with van der Waals surface area (Å²) in [6, 6.07) is 0. The van der Waals surface area contributed by atoms with Crippen molar-refractivity contribution < 1.29 is 9.90 Å². The Kier molecular flexibility index (Phi) is 4.59. The van der Waals surface area contributed by atoms with Crippen LogP contribution in [0.1, 0.15) is 33.6 Å². The van der Waals surface area contributed by atoms with Crippen molar-refractivity contribution in [1.82, 2.24) is 0 Å². The van der Waals surface area contributed by atoms with E-state index < -0.39 is 5.97 Å². The lowest BCUT2D eigenvalue weighted by Gasteiger charge is -2.03. The molecular weight excluding hydrogens is 140 g/mol. The van der Waals surface area contributed by atoms with Gasteiger partial charge < -0.3 is 5.11 Å². The highest BCUT2D eigenvalue weighted by Crippen LogP contribution is 2.09. The first kappa shape index (κ1) is 10.2. The molecule has 2 heteroatoms. The number of carbonyl (C=O) groups is 1. The van der Waals surface area contributed by atoms with E-state index in [4.69, 9.17) is 5.11 Å². The van der Waals surface area contributed by atoms with Crippen LogP contribution >= 0.6 is 0 Å². The Morgan fingerprint density at radius 2 is 2.18 bits per heavy atom. The molecule has 0 aromatic heterocycles. The Bertz CT molecular complexity index is 159. The smallest absolute Gasteiger partial charge is 0.330 e. The van der Waals surface area contributed by atoms with Crippen LogP contribution in [0.3, 0.4) is 0 Å². The Labute approximate surface area is 67.9 Å². The van der Waals surface area contributed by atoms with Crippen LogP contribution in [0.2, 0.25) is 0 Å². The van der Waals surface area contributed by atoms with Crippen LogP contribution < -0.4 is 0 Å². The van der Waals surface area contributed by atoms with Crippen LogP contribution in [0.5, 0.6) is 0 Å². The van der Waals surface area contributed by atoms with Gasteiger partial charge in [-0.05, 0) is 19.3 Å². The molecule has 64 valence electrons. The van der Waals surface area contributed by atoms with Gasteiger partial charge in [-0.25, -0.2) is 4.79 Å². The van der Waals surface area contributed by atoms with E-state index in [0.717, 1.165) is 12.8 Å². The van der Waals surface area contributed by atoms with Crippen LogP contribution in [0.4, 0.5) is 0 Å². The van der Waals surface area contributed by atoms with E-state index in [0.29, 0.717) is 11.5 Å². The molecule has 0 rings (SSSR count). The lowest BCUT2D eigenvalue weighted by Crippen LogP contribution is -1.99. The van der Waals surface area contributed by atoms with Crippen molar-refractivity contribution in [3.8, 4) is 0 Å². The second-order valence-electron chi connectivity index (χ2n) is 2.92. The van der Waals surface area contributed by atoms with E-state index in [9.17, 15) is 4.79 Å². The van der Waals surface area contributed by atoms with Crippen LogP contribution in [0.25, 0.3) is 0 Å². The fourth-order valence-electron chi connectivity index (χ4n) is 1.04. The van der Waals surface area contributed by atoms with Gasteiger partial charge in [0.05, 0.1) is 0 Å². The molecule has 0 saturated heterocycles. The number of rotatable bonds is 4. The average Bonchev–Trinajstić information content (AvgIpc) is 1.87. The van der Waals surface area contributed by atoms with E-state index >= 15 is 0 Å². The minimum atomic E-state index is -0.812. The lowest BCUT2D eigenvalue weighted by molar-refractivity contribution is -0.132. The van der Waals surface area contributed by atoms with E-state index in [1.807, 2.05) is 13.0 Å². The van der Waals surface area contributed by atoms with Crippen molar-refractivity contribution in [2.75, 3.05) is 0 Å². The van der Waals surface area contributed by atoms with Gasteiger partial charge in [0, 0.05) is 5.57 Å². The fourth-order valence-corrected chi connectivity index (χ4v) is 1.04. The van der Waals surface area contributed by atoms with Gasteiger partial charge in [0.25, 0.3) is 0 Å². The molecule has 1 unspecified atom stereocenters. The normalized spacial score (nSPS) is 14.6. The summed E-state index contributed by atoms with van der Waals surface area (Å²) in [5, 5.41) is 8.53. The summed E-state index contributed by atoms with van der Waals surface area (Å²) in [6.45, 7) is 5.77. The number of hydrogen-bond acceptors (Lipinski definition) is 1. The molecule has 2 nitrogen and oxygen atoms in total. The number of hydrogen-bond donors (Lipinski definition) is 1. The molecule has 1 N–H and O–H groups in total. The van der Waals surface area contributed by atoms with E-state index in [1.165, 1.54) is 0 Å². The van der Waals surface area contributed by atoms with Gasteiger partial charge >= 0.3 is 5.97 Å². The van der Waals surface area contributed by atoms with Crippen LogP contribution in [0.15, 0.2) is 11.6 Å². The molecule has 11 heavy (non-hydrogen) atoms. The van der Waals surface area contributed by atoms with Crippen LogP contribution in [-0.2, 0) is 4.79 Å². The molecule has 0 amide bonds. The molecule has 0 aliphatic heterocycles. The number of carboxylic acid groups (broad SMARTS) is 1. The molecule has 0 radical (unpaired) electrons. The van der Waals surface area contributed by atoms with Crippen molar-refractivity contribution in [2.45, 2.75) is 33.6 Å². The highest BCUT2D eigenvalue weighted by Gasteiger charge is 2.02. The Morgan fingerprint density at radius 1 is 1.64 bits per heavy atom. The topological polar surface area (TPSA) is 37.3 Å². The molecule has 0 spiro atoms. The molecule has 0 heterocycles. The number of allylic oxidation sites excluding steroid dienone is 1. The fraction of sp³-hybridized carbons (Fsp3) is 0.667. The largest absolute Gasteiger partial charge is 0.478 e. The summed E-state index contributed by atoms with van der Waals surface area (Å²) < 4.78 is 0.